The zero-order valence-corrected chi connectivity index (χ0v) is 27.2. The molecule has 0 aliphatic heterocycles. The second-order valence-corrected chi connectivity index (χ2v) is 11.7. The van der Waals surface area contributed by atoms with E-state index in [4.69, 9.17) is 25.8 Å². The van der Waals surface area contributed by atoms with Crippen molar-refractivity contribution in [3.05, 3.63) is 155 Å². The number of hydrogen-bond donors (Lipinski definition) is 1. The molecule has 6 heteroatoms. The van der Waals surface area contributed by atoms with E-state index in [9.17, 15) is 4.79 Å². The normalized spacial score (nSPS) is 12.6. The minimum absolute atomic E-state index is 0.0279. The first-order valence-corrected chi connectivity index (χ1v) is 16.6. The van der Waals surface area contributed by atoms with Crippen LogP contribution in [0.2, 0.25) is 0 Å². The van der Waals surface area contributed by atoms with Crippen molar-refractivity contribution in [3.8, 4) is 22.6 Å². The highest BCUT2D eigenvalue weighted by Crippen LogP contribution is 2.44. The van der Waals surface area contributed by atoms with Gasteiger partial charge in [-0.25, -0.2) is 4.79 Å². The molecule has 1 aliphatic carbocycles. The van der Waals surface area contributed by atoms with E-state index in [2.05, 4.69) is 72.9 Å². The lowest BCUT2D eigenvalue weighted by molar-refractivity contribution is 0.0965. The van der Waals surface area contributed by atoms with E-state index in [1.807, 2.05) is 66.7 Å². The zero-order chi connectivity index (χ0) is 32.4. The minimum atomic E-state index is -0.720. The lowest BCUT2D eigenvalue weighted by Crippen LogP contribution is -2.22. The van der Waals surface area contributed by atoms with Gasteiger partial charge in [-0.2, -0.15) is 0 Å². The summed E-state index contributed by atoms with van der Waals surface area (Å²) in [7, 11) is 0. The van der Waals surface area contributed by atoms with Crippen LogP contribution in [0, 0.1) is 0 Å². The van der Waals surface area contributed by atoms with Crippen LogP contribution in [0.5, 0.6) is 11.5 Å². The first kappa shape index (κ1) is 32.1. The maximum Gasteiger partial charge on any atom is 0.513 e. The third-order valence-corrected chi connectivity index (χ3v) is 8.60. The minimum Gasteiger partial charge on any atom is -0.492 e. The maximum absolute atomic E-state index is 12.9. The van der Waals surface area contributed by atoms with Gasteiger partial charge in [-0.05, 0) is 80.8 Å². The Morgan fingerprint density at radius 3 is 1.85 bits per heavy atom. The molecule has 5 aromatic carbocycles. The molecule has 0 aromatic heterocycles. The Balaban J connectivity index is 1.18. The molecule has 0 atom stereocenters. The molecular formula is C41H38ClNO4. The number of ether oxygens (including phenoxy) is 3. The van der Waals surface area contributed by atoms with E-state index < -0.39 is 6.16 Å². The molecule has 5 nitrogen and oxygen atoms in total. The third-order valence-electron chi connectivity index (χ3n) is 8.41. The number of benzene rings is 5. The van der Waals surface area contributed by atoms with Gasteiger partial charge in [-0.15, -0.1) is 11.6 Å². The lowest BCUT2D eigenvalue weighted by atomic mass is 9.88. The predicted octanol–water partition coefficient (Wildman–Crippen LogP) is 9.59. The number of hydrogen-bond acceptors (Lipinski definition) is 5. The van der Waals surface area contributed by atoms with Gasteiger partial charge in [0.1, 0.15) is 24.7 Å². The topological polar surface area (TPSA) is 56.8 Å². The summed E-state index contributed by atoms with van der Waals surface area (Å²) in [6, 6.07) is 42.8. The van der Waals surface area contributed by atoms with Crippen LogP contribution in [0.15, 0.2) is 127 Å². The molecule has 1 aliphatic rings. The van der Waals surface area contributed by atoms with Gasteiger partial charge in [0.15, 0.2) is 0 Å². The van der Waals surface area contributed by atoms with Crippen LogP contribution in [0.4, 0.5) is 4.79 Å². The van der Waals surface area contributed by atoms with E-state index in [1.165, 1.54) is 16.7 Å². The number of allylic oxidation sites excluding steroid dienone is 1. The van der Waals surface area contributed by atoms with Crippen molar-refractivity contribution in [1.82, 2.24) is 5.32 Å². The van der Waals surface area contributed by atoms with Crippen LogP contribution in [-0.2, 0) is 4.74 Å². The Morgan fingerprint density at radius 2 is 1.26 bits per heavy atom. The SMILES string of the molecule is CCC(=C(c1ccc(OCCNCCCl)cc1)c1ccc(OC(=O)OCC2c3ccccc3-c3ccccc32)cc1)c1ccccc1. The molecule has 0 spiro atoms. The first-order valence-electron chi connectivity index (χ1n) is 16.1. The average molecular weight is 644 g/mol. The van der Waals surface area contributed by atoms with E-state index in [0.717, 1.165) is 58.7 Å². The molecule has 0 fully saturated rings. The Morgan fingerprint density at radius 1 is 0.681 bits per heavy atom. The number of halogens is 1. The predicted molar refractivity (Wildman–Crippen MR) is 190 cm³/mol. The number of nitrogens with one attached hydrogen (secondary N) is 1. The van der Waals surface area contributed by atoms with Crippen molar-refractivity contribution in [2.45, 2.75) is 19.3 Å². The third kappa shape index (κ3) is 7.60. The lowest BCUT2D eigenvalue weighted by Gasteiger charge is -2.17. The fourth-order valence-corrected chi connectivity index (χ4v) is 6.37. The average Bonchev–Trinajstić information content (AvgIpc) is 3.44. The monoisotopic (exact) mass is 643 g/mol. The first-order chi connectivity index (χ1) is 23.2. The molecule has 0 radical (unpaired) electrons. The highest BCUT2D eigenvalue weighted by Gasteiger charge is 2.29. The molecule has 0 bridgehead atoms. The largest absolute Gasteiger partial charge is 0.513 e. The molecule has 0 heterocycles. The van der Waals surface area contributed by atoms with Gasteiger partial charge in [0.2, 0.25) is 0 Å². The molecule has 238 valence electrons. The summed E-state index contributed by atoms with van der Waals surface area (Å²) >= 11 is 5.74. The second-order valence-electron chi connectivity index (χ2n) is 11.3. The molecule has 5 aromatic rings. The van der Waals surface area contributed by atoms with Crippen LogP contribution in [0.1, 0.15) is 47.1 Å². The number of alkyl halides is 1. The summed E-state index contributed by atoms with van der Waals surface area (Å²) in [5.41, 5.74) is 10.3. The summed E-state index contributed by atoms with van der Waals surface area (Å²) in [6.45, 7) is 4.43. The molecule has 0 unspecified atom stereocenters. The fourth-order valence-electron chi connectivity index (χ4n) is 6.24. The van der Waals surface area contributed by atoms with Crippen LogP contribution >= 0.6 is 11.6 Å². The number of rotatable bonds is 13. The molecule has 0 saturated heterocycles. The fraction of sp³-hybridized carbons (Fsp3) is 0.195. The molecule has 0 saturated carbocycles. The highest BCUT2D eigenvalue weighted by molar-refractivity contribution is 6.18. The number of carbonyl (C=O) groups is 1. The van der Waals surface area contributed by atoms with Gasteiger partial charge in [-0.1, -0.05) is 110 Å². The van der Waals surface area contributed by atoms with Crippen molar-refractivity contribution < 1.29 is 19.0 Å². The molecule has 1 N–H and O–H groups in total. The Kier molecular flexibility index (Phi) is 10.7. The van der Waals surface area contributed by atoms with Gasteiger partial charge >= 0.3 is 6.16 Å². The maximum atomic E-state index is 12.9. The van der Waals surface area contributed by atoms with Crippen molar-refractivity contribution in [2.24, 2.45) is 0 Å². The Bertz CT molecular complexity index is 1770. The molecule has 47 heavy (non-hydrogen) atoms. The number of carbonyl (C=O) groups excluding carboxylic acids is 1. The van der Waals surface area contributed by atoms with Crippen molar-refractivity contribution in [1.29, 1.82) is 0 Å². The summed E-state index contributed by atoms with van der Waals surface area (Å²) < 4.78 is 17.2. The Labute approximate surface area is 281 Å². The standard InChI is InChI=1S/C41H38ClNO4/c1-2-34(29-10-4-3-5-11-29)40(30-16-20-32(21-17-30)45-27-26-43-25-24-42)31-18-22-33(23-19-31)47-41(44)46-28-39-37-14-8-6-12-35(37)36-13-7-9-15-38(36)39/h3-23,39,43H,2,24-28H2,1H3. The van der Waals surface area contributed by atoms with E-state index in [-0.39, 0.29) is 12.5 Å². The Hall–Kier alpha value is -4.84. The second kappa shape index (κ2) is 15.6. The van der Waals surface area contributed by atoms with Gasteiger partial charge in [0.05, 0.1) is 0 Å². The van der Waals surface area contributed by atoms with Gasteiger partial charge in [0, 0.05) is 24.9 Å². The van der Waals surface area contributed by atoms with Gasteiger partial charge in [0.25, 0.3) is 0 Å². The van der Waals surface area contributed by atoms with Crippen molar-refractivity contribution >= 4 is 28.9 Å². The van der Waals surface area contributed by atoms with Crippen LogP contribution in [0.25, 0.3) is 22.3 Å². The molecular weight excluding hydrogens is 606 g/mol. The summed E-state index contributed by atoms with van der Waals surface area (Å²) in [5.74, 6) is 1.79. The summed E-state index contributed by atoms with van der Waals surface area (Å²) in [4.78, 5) is 12.9. The van der Waals surface area contributed by atoms with Crippen LogP contribution < -0.4 is 14.8 Å². The molecule has 0 amide bonds. The summed E-state index contributed by atoms with van der Waals surface area (Å²) in [5, 5.41) is 3.24. The van der Waals surface area contributed by atoms with E-state index in [1.54, 1.807) is 0 Å². The van der Waals surface area contributed by atoms with Gasteiger partial charge < -0.3 is 19.5 Å². The van der Waals surface area contributed by atoms with Gasteiger partial charge in [-0.3, -0.25) is 0 Å². The zero-order valence-electron chi connectivity index (χ0n) is 26.5. The summed E-state index contributed by atoms with van der Waals surface area (Å²) in [6.07, 6.45) is 0.115. The smallest absolute Gasteiger partial charge is 0.492 e. The van der Waals surface area contributed by atoms with Crippen LogP contribution in [-0.4, -0.2) is 38.3 Å². The van der Waals surface area contributed by atoms with Crippen molar-refractivity contribution in [3.63, 3.8) is 0 Å². The van der Waals surface area contributed by atoms with Crippen LogP contribution in [0.3, 0.4) is 0 Å². The van der Waals surface area contributed by atoms with E-state index >= 15 is 0 Å². The van der Waals surface area contributed by atoms with E-state index in [0.29, 0.717) is 18.2 Å². The molecule has 6 rings (SSSR count). The van der Waals surface area contributed by atoms with Crippen molar-refractivity contribution in [2.75, 3.05) is 32.2 Å². The highest BCUT2D eigenvalue weighted by atomic mass is 35.5. The quantitative estimate of drug-likeness (QED) is 0.0455. The number of fused-ring (bicyclic) bond motifs is 3.